The third-order valence-corrected chi connectivity index (χ3v) is 6.69. The maximum absolute atomic E-state index is 13.2. The fourth-order valence-corrected chi connectivity index (χ4v) is 5.08. The highest BCUT2D eigenvalue weighted by molar-refractivity contribution is 6.35. The molecule has 5 nitrogen and oxygen atoms in total. The Hall–Kier alpha value is -2.00. The van der Waals surface area contributed by atoms with Gasteiger partial charge in [0, 0.05) is 47.5 Å². The first-order chi connectivity index (χ1) is 15.6. The predicted molar refractivity (Wildman–Crippen MR) is 120 cm³/mol. The van der Waals surface area contributed by atoms with E-state index in [0.717, 1.165) is 6.42 Å². The lowest BCUT2D eigenvalue weighted by Gasteiger charge is -2.34. The van der Waals surface area contributed by atoms with Gasteiger partial charge >= 0.3 is 6.18 Å². The van der Waals surface area contributed by atoms with Gasteiger partial charge in [-0.05, 0) is 48.7 Å². The van der Waals surface area contributed by atoms with E-state index in [-0.39, 0.29) is 23.5 Å². The first-order valence-electron chi connectivity index (χ1n) is 10.6. The maximum atomic E-state index is 13.2. The van der Waals surface area contributed by atoms with Gasteiger partial charge in [-0.25, -0.2) is 0 Å². The molecule has 0 radical (unpaired) electrons. The molecule has 3 unspecified atom stereocenters. The van der Waals surface area contributed by atoms with Crippen LogP contribution in [-0.2, 0) is 4.79 Å². The van der Waals surface area contributed by atoms with Gasteiger partial charge in [-0.3, -0.25) is 9.69 Å². The summed E-state index contributed by atoms with van der Waals surface area (Å²) in [6, 6.07) is 11.0. The van der Waals surface area contributed by atoms with Crippen LogP contribution >= 0.6 is 23.2 Å². The summed E-state index contributed by atoms with van der Waals surface area (Å²) >= 11 is 12.1. The number of benzene rings is 2. The number of β-amino-alcohol motifs (C(OH)–C–C–N with tert-alkyl or cyclic N) is 1. The molecule has 0 bridgehead atoms. The monoisotopic (exact) mass is 502 g/mol. The van der Waals surface area contributed by atoms with Crippen molar-refractivity contribution in [2.24, 2.45) is 11.8 Å². The predicted octanol–water partition coefficient (Wildman–Crippen LogP) is 4.95. The van der Waals surface area contributed by atoms with Gasteiger partial charge in [-0.2, -0.15) is 13.2 Å². The van der Waals surface area contributed by atoms with Crippen molar-refractivity contribution >= 4 is 34.8 Å². The van der Waals surface area contributed by atoms with Gasteiger partial charge in [0.05, 0.1) is 12.0 Å². The minimum absolute atomic E-state index is 0.0169. The number of nitrogens with zero attached hydrogens (tertiary/aromatic N) is 2. The van der Waals surface area contributed by atoms with Crippen molar-refractivity contribution in [1.82, 2.24) is 4.90 Å². The van der Waals surface area contributed by atoms with Gasteiger partial charge in [0.25, 0.3) is 0 Å². The third-order valence-electron chi connectivity index (χ3n) is 6.13. The highest BCUT2D eigenvalue weighted by Crippen LogP contribution is 2.36. The van der Waals surface area contributed by atoms with Crippen LogP contribution in [0, 0.1) is 11.8 Å². The van der Waals surface area contributed by atoms with E-state index < -0.39 is 18.9 Å². The van der Waals surface area contributed by atoms with Crippen LogP contribution in [0.5, 0.6) is 5.75 Å². The number of aliphatic hydroxyl groups is 1. The Morgan fingerprint density at radius 3 is 2.52 bits per heavy atom. The van der Waals surface area contributed by atoms with Gasteiger partial charge in [-0.1, -0.05) is 29.3 Å². The van der Waals surface area contributed by atoms with Crippen LogP contribution in [0.2, 0.25) is 10.0 Å². The van der Waals surface area contributed by atoms with Crippen LogP contribution in [0.1, 0.15) is 18.1 Å². The number of hydrogen-bond acceptors (Lipinski definition) is 4. The molecule has 0 aromatic heterocycles. The zero-order chi connectivity index (χ0) is 23.8. The Morgan fingerprint density at radius 1 is 1.12 bits per heavy atom. The summed E-state index contributed by atoms with van der Waals surface area (Å²) in [4.78, 5) is 16.9. The maximum Gasteiger partial charge on any atom is 0.422 e. The van der Waals surface area contributed by atoms with E-state index >= 15 is 0 Å². The average molecular weight is 503 g/mol. The fourth-order valence-electron chi connectivity index (χ4n) is 4.55. The second-order valence-corrected chi connectivity index (χ2v) is 9.29. The van der Waals surface area contributed by atoms with Crippen LogP contribution in [0.15, 0.2) is 42.5 Å². The fraction of sp³-hybridized carbons (Fsp3) is 0.435. The second-order valence-electron chi connectivity index (χ2n) is 8.44. The lowest BCUT2D eigenvalue weighted by Crippen LogP contribution is -2.45. The number of hydrogen-bond donors (Lipinski definition) is 1. The molecule has 2 aliphatic heterocycles. The van der Waals surface area contributed by atoms with Gasteiger partial charge in [0.2, 0.25) is 5.91 Å². The minimum atomic E-state index is -4.41. The minimum Gasteiger partial charge on any atom is -0.484 e. The molecule has 0 spiro atoms. The number of anilines is 1. The van der Waals surface area contributed by atoms with E-state index in [9.17, 15) is 23.1 Å². The highest BCUT2D eigenvalue weighted by atomic mass is 35.5. The molecule has 2 fully saturated rings. The molecule has 2 aromatic carbocycles. The number of amides is 1. The van der Waals surface area contributed by atoms with Crippen LogP contribution in [0.3, 0.4) is 0 Å². The Kier molecular flexibility index (Phi) is 7.09. The van der Waals surface area contributed by atoms with Gasteiger partial charge in [-0.15, -0.1) is 0 Å². The van der Waals surface area contributed by atoms with E-state index in [1.165, 1.54) is 12.1 Å². The SMILES string of the molecule is O=C1C2CN(CC(O)c3ccc(Cl)cc3Cl)CC2CCN1c1ccc(OCC(F)(F)F)cc1. The molecule has 0 saturated carbocycles. The molecule has 33 heavy (non-hydrogen) atoms. The number of carbonyl (C=O) groups is 1. The number of carbonyl (C=O) groups excluding carboxylic acids is 1. The number of likely N-dealkylation sites (tertiary alicyclic amines) is 1. The van der Waals surface area contributed by atoms with Gasteiger partial charge in [0.15, 0.2) is 6.61 Å². The molecule has 2 aliphatic rings. The number of ether oxygens (including phenoxy) is 1. The van der Waals surface area contributed by atoms with Crippen LogP contribution in [0.25, 0.3) is 0 Å². The number of alkyl halides is 3. The van der Waals surface area contributed by atoms with E-state index in [4.69, 9.17) is 27.9 Å². The highest BCUT2D eigenvalue weighted by Gasteiger charge is 2.43. The first kappa shape index (κ1) is 24.1. The molecule has 2 heterocycles. The molecule has 10 heteroatoms. The number of fused-ring (bicyclic) bond motifs is 1. The van der Waals surface area contributed by atoms with Gasteiger partial charge in [0.1, 0.15) is 5.75 Å². The summed E-state index contributed by atoms with van der Waals surface area (Å²) in [5.41, 5.74) is 1.22. The molecular weight excluding hydrogens is 480 g/mol. The Bertz CT molecular complexity index is 1000. The summed E-state index contributed by atoms with van der Waals surface area (Å²) in [6.07, 6.45) is -4.40. The first-order valence-corrected chi connectivity index (χ1v) is 11.3. The Labute approximate surface area is 199 Å². The third kappa shape index (κ3) is 5.74. The van der Waals surface area contributed by atoms with Gasteiger partial charge < -0.3 is 14.7 Å². The Morgan fingerprint density at radius 2 is 1.85 bits per heavy atom. The summed E-state index contributed by atoms with van der Waals surface area (Å²) in [5.74, 6) is 0.0702. The van der Waals surface area contributed by atoms with Crippen molar-refractivity contribution in [2.45, 2.75) is 18.7 Å². The van der Waals surface area contributed by atoms with Crippen molar-refractivity contribution in [3.8, 4) is 5.75 Å². The molecule has 1 N–H and O–H groups in total. The normalized spacial score (nSPS) is 22.4. The molecular formula is C23H23Cl2F3N2O3. The molecule has 0 aliphatic carbocycles. The average Bonchev–Trinajstić information content (AvgIpc) is 3.16. The van der Waals surface area contributed by atoms with Crippen LogP contribution in [0.4, 0.5) is 18.9 Å². The van der Waals surface area contributed by atoms with Crippen LogP contribution in [-0.4, -0.2) is 54.9 Å². The summed E-state index contributed by atoms with van der Waals surface area (Å²) in [7, 11) is 0. The number of rotatable bonds is 6. The lowest BCUT2D eigenvalue weighted by atomic mass is 9.87. The topological polar surface area (TPSA) is 53.0 Å². The van der Waals surface area contributed by atoms with Crippen molar-refractivity contribution in [3.05, 3.63) is 58.1 Å². The van der Waals surface area contributed by atoms with E-state index in [1.54, 1.807) is 35.2 Å². The van der Waals surface area contributed by atoms with E-state index in [2.05, 4.69) is 4.90 Å². The summed E-state index contributed by atoms with van der Waals surface area (Å²) in [6.45, 7) is 0.752. The van der Waals surface area contributed by atoms with E-state index in [0.29, 0.717) is 47.5 Å². The summed E-state index contributed by atoms with van der Waals surface area (Å²) in [5, 5.41) is 11.5. The lowest BCUT2D eigenvalue weighted by molar-refractivity contribution is -0.153. The zero-order valence-corrected chi connectivity index (χ0v) is 19.1. The number of aliphatic hydroxyl groups excluding tert-OH is 1. The smallest absolute Gasteiger partial charge is 0.422 e. The van der Waals surface area contributed by atoms with Crippen molar-refractivity contribution < 1.29 is 27.8 Å². The van der Waals surface area contributed by atoms with Crippen molar-refractivity contribution in [1.29, 1.82) is 0 Å². The quantitative estimate of drug-likeness (QED) is 0.606. The Balaban J connectivity index is 1.37. The summed E-state index contributed by atoms with van der Waals surface area (Å²) < 4.78 is 41.7. The molecule has 178 valence electrons. The molecule has 4 rings (SSSR count). The molecule has 2 saturated heterocycles. The standard InChI is InChI=1S/C23H23Cl2F3N2O3/c24-15-1-6-18(20(25)9-15)21(31)12-29-10-14-7-8-30(22(32)19(14)11-29)16-2-4-17(5-3-16)33-13-23(26,27)28/h1-6,9,14,19,21,31H,7-8,10-13H2. The van der Waals surface area contributed by atoms with Crippen LogP contribution < -0.4 is 9.64 Å². The van der Waals surface area contributed by atoms with E-state index in [1.807, 2.05) is 0 Å². The molecule has 3 atom stereocenters. The zero-order valence-electron chi connectivity index (χ0n) is 17.6. The number of piperidine rings is 1. The molecule has 1 amide bonds. The largest absolute Gasteiger partial charge is 0.484 e. The molecule has 2 aromatic rings. The number of halogens is 5. The van der Waals surface area contributed by atoms with Crippen molar-refractivity contribution in [2.75, 3.05) is 37.7 Å². The second kappa shape index (κ2) is 9.70. The van der Waals surface area contributed by atoms with Crippen molar-refractivity contribution in [3.63, 3.8) is 0 Å².